The molecular formula is C4H10N2OS. The van der Waals surface area contributed by atoms with Crippen LogP contribution >= 0.6 is 12.6 Å². The molecule has 0 saturated heterocycles. The molecule has 0 bridgehead atoms. The summed E-state index contributed by atoms with van der Waals surface area (Å²) >= 11 is 3.81. The maximum absolute atomic E-state index is 10.4. The van der Waals surface area contributed by atoms with Gasteiger partial charge < -0.3 is 11.5 Å². The summed E-state index contributed by atoms with van der Waals surface area (Å²) in [5, 5.41) is 0. The Hall–Kier alpha value is -0.0600. The third-order valence-corrected chi connectivity index (χ3v) is 1.20. The van der Waals surface area contributed by atoms with Crippen LogP contribution in [0.15, 0.2) is 0 Å². The van der Waals surface area contributed by atoms with E-state index in [1.165, 1.54) is 0 Å². The van der Waals surface area contributed by atoms with Crippen molar-refractivity contribution in [2.75, 3.05) is 12.3 Å². The summed E-state index contributed by atoms with van der Waals surface area (Å²) in [4.78, 5) is 10.4. The molecule has 0 spiro atoms. The van der Waals surface area contributed by atoms with Gasteiger partial charge in [-0.15, -0.1) is 0 Å². The minimum Gasteiger partial charge on any atom is -0.324 e. The highest BCUT2D eigenvalue weighted by Crippen LogP contribution is 1.82. The van der Waals surface area contributed by atoms with Gasteiger partial charge in [0.15, 0.2) is 5.78 Å². The van der Waals surface area contributed by atoms with Gasteiger partial charge >= 0.3 is 0 Å². The number of thiol groups is 1. The third kappa shape index (κ3) is 2.30. The number of carbonyl (C=O) groups excluding carboxylic acids is 1. The SMILES string of the molecule is NCC(=O)[C@@H](N)CS. The van der Waals surface area contributed by atoms with Crippen LogP contribution in [0.5, 0.6) is 0 Å². The Morgan fingerprint density at radius 3 is 2.38 bits per heavy atom. The highest BCUT2D eigenvalue weighted by atomic mass is 32.1. The van der Waals surface area contributed by atoms with Gasteiger partial charge in [0.2, 0.25) is 0 Å². The van der Waals surface area contributed by atoms with Gasteiger partial charge in [-0.1, -0.05) is 0 Å². The quantitative estimate of drug-likeness (QED) is 0.423. The van der Waals surface area contributed by atoms with Gasteiger partial charge in [-0.3, -0.25) is 4.79 Å². The van der Waals surface area contributed by atoms with Crippen molar-refractivity contribution < 1.29 is 4.79 Å². The first-order valence-corrected chi connectivity index (χ1v) is 2.94. The molecule has 0 aliphatic carbocycles. The lowest BCUT2D eigenvalue weighted by Gasteiger charge is -2.01. The Balaban J connectivity index is 3.46. The molecule has 4 N–H and O–H groups in total. The minimum absolute atomic E-state index is 0.0156. The number of hydrogen-bond donors (Lipinski definition) is 3. The first-order valence-electron chi connectivity index (χ1n) is 2.31. The fourth-order valence-electron chi connectivity index (χ4n) is 0.253. The van der Waals surface area contributed by atoms with Crippen LogP contribution in [-0.4, -0.2) is 24.1 Å². The highest BCUT2D eigenvalue weighted by molar-refractivity contribution is 7.80. The number of carbonyl (C=O) groups is 1. The molecule has 8 heavy (non-hydrogen) atoms. The number of ketones is 1. The summed E-state index contributed by atoms with van der Waals surface area (Å²) in [7, 11) is 0. The van der Waals surface area contributed by atoms with Crippen molar-refractivity contribution in [2.45, 2.75) is 6.04 Å². The van der Waals surface area contributed by atoms with Gasteiger partial charge in [-0.2, -0.15) is 12.6 Å². The average Bonchev–Trinajstić information content (AvgIpc) is 1.84. The topological polar surface area (TPSA) is 69.1 Å². The van der Waals surface area contributed by atoms with Crippen LogP contribution in [0.4, 0.5) is 0 Å². The van der Waals surface area contributed by atoms with Crippen molar-refractivity contribution in [1.29, 1.82) is 0 Å². The zero-order valence-electron chi connectivity index (χ0n) is 4.50. The summed E-state index contributed by atoms with van der Waals surface area (Å²) in [6, 6.07) is -0.483. The van der Waals surface area contributed by atoms with Crippen LogP contribution in [0.25, 0.3) is 0 Å². The van der Waals surface area contributed by atoms with Gasteiger partial charge in [0, 0.05) is 5.75 Å². The standard InChI is InChI=1S/C4H10N2OS/c5-1-4(7)3(6)2-8/h3,8H,1-2,5-6H2/t3-/m0/s1. The predicted octanol–water partition coefficient (Wildman–Crippen LogP) is -1.23. The first kappa shape index (κ1) is 7.94. The van der Waals surface area contributed by atoms with Gasteiger partial charge in [0.25, 0.3) is 0 Å². The van der Waals surface area contributed by atoms with Crippen molar-refractivity contribution >= 4 is 18.4 Å². The van der Waals surface area contributed by atoms with Crippen LogP contribution in [0, 0.1) is 0 Å². The predicted molar refractivity (Wildman–Crippen MR) is 35.9 cm³/mol. The summed E-state index contributed by atoms with van der Waals surface area (Å²) < 4.78 is 0. The Morgan fingerprint density at radius 1 is 1.75 bits per heavy atom. The molecule has 48 valence electrons. The van der Waals surface area contributed by atoms with Crippen LogP contribution in [-0.2, 0) is 4.79 Å². The fourth-order valence-corrected chi connectivity index (χ4v) is 0.457. The van der Waals surface area contributed by atoms with E-state index >= 15 is 0 Å². The molecule has 0 aromatic heterocycles. The molecule has 0 radical (unpaired) electrons. The minimum atomic E-state index is -0.483. The first-order chi connectivity index (χ1) is 3.72. The maximum Gasteiger partial charge on any atom is 0.163 e. The van der Waals surface area contributed by atoms with E-state index in [4.69, 9.17) is 11.5 Å². The number of rotatable bonds is 3. The smallest absolute Gasteiger partial charge is 0.163 e. The molecule has 0 aliphatic heterocycles. The maximum atomic E-state index is 10.4. The lowest BCUT2D eigenvalue weighted by molar-refractivity contribution is -0.118. The molecule has 0 saturated carbocycles. The highest BCUT2D eigenvalue weighted by Gasteiger charge is 2.07. The molecule has 0 rings (SSSR count). The monoisotopic (exact) mass is 134 g/mol. The zero-order chi connectivity index (χ0) is 6.57. The Kier molecular flexibility index (Phi) is 3.85. The molecule has 0 fully saturated rings. The van der Waals surface area contributed by atoms with E-state index in [0.717, 1.165) is 0 Å². The molecule has 3 nitrogen and oxygen atoms in total. The van der Waals surface area contributed by atoms with E-state index in [2.05, 4.69) is 12.6 Å². The second-order valence-corrected chi connectivity index (χ2v) is 1.82. The molecule has 0 amide bonds. The molecule has 0 heterocycles. The molecule has 1 atom stereocenters. The lowest BCUT2D eigenvalue weighted by Crippen LogP contribution is -2.36. The van der Waals surface area contributed by atoms with E-state index < -0.39 is 6.04 Å². The van der Waals surface area contributed by atoms with Crippen molar-refractivity contribution in [3.05, 3.63) is 0 Å². The second kappa shape index (κ2) is 3.88. The largest absolute Gasteiger partial charge is 0.324 e. The van der Waals surface area contributed by atoms with Gasteiger partial charge in [0.1, 0.15) is 0 Å². The van der Waals surface area contributed by atoms with E-state index in [-0.39, 0.29) is 12.3 Å². The third-order valence-electron chi connectivity index (χ3n) is 0.811. The van der Waals surface area contributed by atoms with E-state index in [1.54, 1.807) is 0 Å². The van der Waals surface area contributed by atoms with Gasteiger partial charge in [-0.25, -0.2) is 0 Å². The lowest BCUT2D eigenvalue weighted by atomic mass is 10.2. The van der Waals surface area contributed by atoms with Crippen LogP contribution in [0.3, 0.4) is 0 Å². The molecular weight excluding hydrogens is 124 g/mol. The van der Waals surface area contributed by atoms with Crippen molar-refractivity contribution in [2.24, 2.45) is 11.5 Å². The molecule has 4 heteroatoms. The van der Waals surface area contributed by atoms with Crippen molar-refractivity contribution in [3.63, 3.8) is 0 Å². The summed E-state index contributed by atoms with van der Waals surface area (Å²) in [6.07, 6.45) is 0. The average molecular weight is 134 g/mol. The fraction of sp³-hybridized carbons (Fsp3) is 0.750. The Morgan fingerprint density at radius 2 is 2.25 bits per heavy atom. The van der Waals surface area contributed by atoms with E-state index in [9.17, 15) is 4.79 Å². The molecule has 0 aliphatic rings. The van der Waals surface area contributed by atoms with Gasteiger partial charge in [0.05, 0.1) is 12.6 Å². The summed E-state index contributed by atoms with van der Waals surface area (Å²) in [5.74, 6) is 0.232. The summed E-state index contributed by atoms with van der Waals surface area (Å²) in [6.45, 7) is 0.0156. The van der Waals surface area contributed by atoms with E-state index in [0.29, 0.717) is 5.75 Å². The number of hydrogen-bond acceptors (Lipinski definition) is 4. The van der Waals surface area contributed by atoms with Crippen molar-refractivity contribution in [1.82, 2.24) is 0 Å². The summed E-state index contributed by atoms with van der Waals surface area (Å²) in [5.41, 5.74) is 10.2. The zero-order valence-corrected chi connectivity index (χ0v) is 5.40. The Bertz CT molecular complexity index is 86.1. The second-order valence-electron chi connectivity index (χ2n) is 1.46. The van der Waals surface area contributed by atoms with Crippen LogP contribution in [0.1, 0.15) is 0 Å². The van der Waals surface area contributed by atoms with Crippen molar-refractivity contribution in [3.8, 4) is 0 Å². The van der Waals surface area contributed by atoms with Gasteiger partial charge in [-0.05, 0) is 0 Å². The van der Waals surface area contributed by atoms with Crippen LogP contribution in [0.2, 0.25) is 0 Å². The molecule has 0 unspecified atom stereocenters. The number of nitrogens with two attached hydrogens (primary N) is 2. The number of Topliss-reactive ketones (excluding diaryl/α,β-unsaturated/α-hetero) is 1. The molecule has 0 aromatic rings. The normalized spacial score (nSPS) is 13.4. The van der Waals surface area contributed by atoms with Crippen LogP contribution < -0.4 is 11.5 Å². The Labute approximate surface area is 53.8 Å². The molecule has 0 aromatic carbocycles. The van der Waals surface area contributed by atoms with E-state index in [1.807, 2.05) is 0 Å².